The van der Waals surface area contributed by atoms with Crippen molar-refractivity contribution in [2.75, 3.05) is 19.8 Å². The molecule has 0 spiro atoms. The number of ether oxygens (including phenoxy) is 1. The van der Waals surface area contributed by atoms with Crippen molar-refractivity contribution in [1.29, 1.82) is 0 Å². The van der Waals surface area contributed by atoms with E-state index in [-0.39, 0.29) is 12.5 Å². The van der Waals surface area contributed by atoms with Gasteiger partial charge in [0.1, 0.15) is 12.1 Å². The number of halogens is 2. The van der Waals surface area contributed by atoms with Crippen molar-refractivity contribution in [3.05, 3.63) is 0 Å². The van der Waals surface area contributed by atoms with Gasteiger partial charge in [-0.3, -0.25) is 10.2 Å². The van der Waals surface area contributed by atoms with Gasteiger partial charge < -0.3 is 4.74 Å². The lowest BCUT2D eigenvalue weighted by Gasteiger charge is -2.27. The van der Waals surface area contributed by atoms with Gasteiger partial charge in [0, 0.05) is 6.54 Å². The van der Waals surface area contributed by atoms with Crippen LogP contribution in [0.3, 0.4) is 0 Å². The minimum Gasteiger partial charge on any atom is -0.372 e. The largest absolute Gasteiger partial charge is 0.372 e. The number of carbonyl (C=O) groups is 1. The Balaban J connectivity index is 2.35. The predicted octanol–water partition coefficient (Wildman–Crippen LogP) is -0.417. The molecule has 0 aromatic carbocycles. The molecule has 12 heavy (non-hydrogen) atoms. The number of rotatable bonds is 3. The second kappa shape index (κ2) is 4.59. The predicted molar refractivity (Wildman–Crippen MR) is 41.5 cm³/mol. The van der Waals surface area contributed by atoms with Gasteiger partial charge in [-0.1, -0.05) is 0 Å². The van der Waals surface area contributed by atoms with Gasteiger partial charge in [0.05, 0.1) is 12.7 Å². The Morgan fingerprint density at radius 1 is 1.75 bits per heavy atom. The molecule has 6 heteroatoms. The van der Waals surface area contributed by atoms with Crippen LogP contribution in [-0.4, -0.2) is 37.2 Å². The van der Waals surface area contributed by atoms with E-state index in [0.717, 1.165) is 0 Å². The fraction of sp³-hybridized carbons (Fsp3) is 0.833. The standard InChI is InChI=1S/C6H10ClFN2O2/c7-5-4(12-2-1-8)3-9-10-6(5)11/h4-5,9H,1-3H2,(H,10,11). The van der Waals surface area contributed by atoms with E-state index in [0.29, 0.717) is 6.54 Å². The molecular formula is C6H10ClFN2O2. The SMILES string of the molecule is O=C1NNCC(OCCF)C1Cl. The molecule has 2 unspecified atom stereocenters. The molecule has 1 heterocycles. The quantitative estimate of drug-likeness (QED) is 0.603. The van der Waals surface area contributed by atoms with Crippen molar-refractivity contribution in [3.8, 4) is 0 Å². The van der Waals surface area contributed by atoms with Gasteiger partial charge in [0.2, 0.25) is 0 Å². The summed E-state index contributed by atoms with van der Waals surface area (Å²) in [6, 6.07) is 0. The Bertz CT molecular complexity index is 170. The highest BCUT2D eigenvalue weighted by Gasteiger charge is 2.30. The smallest absolute Gasteiger partial charge is 0.254 e. The van der Waals surface area contributed by atoms with Crippen molar-refractivity contribution in [1.82, 2.24) is 10.9 Å². The first-order chi connectivity index (χ1) is 5.75. The Labute approximate surface area is 74.4 Å². The van der Waals surface area contributed by atoms with Crippen molar-refractivity contribution in [2.45, 2.75) is 11.5 Å². The molecule has 4 nitrogen and oxygen atoms in total. The van der Waals surface area contributed by atoms with Crippen LogP contribution >= 0.6 is 11.6 Å². The number of nitrogens with one attached hydrogen (secondary N) is 2. The zero-order chi connectivity index (χ0) is 8.97. The molecule has 0 saturated carbocycles. The highest BCUT2D eigenvalue weighted by atomic mass is 35.5. The van der Waals surface area contributed by atoms with Crippen molar-refractivity contribution >= 4 is 17.5 Å². The van der Waals surface area contributed by atoms with E-state index in [9.17, 15) is 9.18 Å². The number of hydrogen-bond donors (Lipinski definition) is 2. The number of hydrazine groups is 1. The van der Waals surface area contributed by atoms with Crippen LogP contribution in [0.2, 0.25) is 0 Å². The molecule has 2 N–H and O–H groups in total. The number of carbonyl (C=O) groups excluding carboxylic acids is 1. The Hall–Kier alpha value is -0.390. The molecular weight excluding hydrogens is 187 g/mol. The summed E-state index contributed by atoms with van der Waals surface area (Å²) in [5.74, 6) is -0.341. The molecule has 0 aromatic rings. The average Bonchev–Trinajstić information content (AvgIpc) is 2.08. The number of amides is 1. The van der Waals surface area contributed by atoms with E-state index in [1.165, 1.54) is 0 Å². The lowest BCUT2D eigenvalue weighted by Crippen LogP contribution is -2.57. The van der Waals surface area contributed by atoms with Gasteiger partial charge in [-0.25, -0.2) is 9.82 Å². The zero-order valence-corrected chi connectivity index (χ0v) is 7.10. The van der Waals surface area contributed by atoms with E-state index in [2.05, 4.69) is 10.9 Å². The Morgan fingerprint density at radius 2 is 2.50 bits per heavy atom. The average molecular weight is 197 g/mol. The normalized spacial score (nSPS) is 30.0. The maximum Gasteiger partial charge on any atom is 0.254 e. The van der Waals surface area contributed by atoms with Gasteiger partial charge in [0.25, 0.3) is 5.91 Å². The van der Waals surface area contributed by atoms with Crippen LogP contribution in [0.1, 0.15) is 0 Å². The highest BCUT2D eigenvalue weighted by molar-refractivity contribution is 6.31. The van der Waals surface area contributed by atoms with E-state index in [1.54, 1.807) is 0 Å². The van der Waals surface area contributed by atoms with Crippen LogP contribution in [0.5, 0.6) is 0 Å². The molecule has 1 aliphatic rings. The van der Waals surface area contributed by atoms with Gasteiger partial charge in [0.15, 0.2) is 0 Å². The molecule has 70 valence electrons. The van der Waals surface area contributed by atoms with Gasteiger partial charge in [-0.15, -0.1) is 11.6 Å². The molecule has 0 aromatic heterocycles. The number of alkyl halides is 2. The van der Waals surface area contributed by atoms with Crippen LogP contribution in [0.15, 0.2) is 0 Å². The first kappa shape index (κ1) is 9.70. The van der Waals surface area contributed by atoms with E-state index in [4.69, 9.17) is 16.3 Å². The molecule has 1 fully saturated rings. The van der Waals surface area contributed by atoms with Crippen LogP contribution in [0, 0.1) is 0 Å². The van der Waals surface area contributed by atoms with E-state index < -0.39 is 18.2 Å². The summed E-state index contributed by atoms with van der Waals surface area (Å²) in [6.45, 7) is -0.190. The Kier molecular flexibility index (Phi) is 3.71. The third kappa shape index (κ3) is 2.30. The van der Waals surface area contributed by atoms with Crippen molar-refractivity contribution in [2.24, 2.45) is 0 Å². The first-order valence-corrected chi connectivity index (χ1v) is 4.03. The van der Waals surface area contributed by atoms with Crippen LogP contribution < -0.4 is 10.9 Å². The molecule has 0 bridgehead atoms. The highest BCUT2D eigenvalue weighted by Crippen LogP contribution is 2.09. The molecule has 0 aliphatic carbocycles. The van der Waals surface area contributed by atoms with E-state index >= 15 is 0 Å². The minimum absolute atomic E-state index is 0.0250. The zero-order valence-electron chi connectivity index (χ0n) is 6.35. The molecule has 1 aliphatic heterocycles. The van der Waals surface area contributed by atoms with Gasteiger partial charge >= 0.3 is 0 Å². The van der Waals surface area contributed by atoms with Crippen LogP contribution in [0.4, 0.5) is 4.39 Å². The summed E-state index contributed by atoms with van der Waals surface area (Å²) in [5, 5.41) is -0.738. The third-order valence-corrected chi connectivity index (χ3v) is 1.98. The Morgan fingerprint density at radius 3 is 3.17 bits per heavy atom. The number of hydrogen-bond acceptors (Lipinski definition) is 3. The summed E-state index contributed by atoms with van der Waals surface area (Å²) in [4.78, 5) is 10.9. The van der Waals surface area contributed by atoms with E-state index in [1.807, 2.05) is 0 Å². The van der Waals surface area contributed by atoms with Crippen molar-refractivity contribution in [3.63, 3.8) is 0 Å². The van der Waals surface area contributed by atoms with Gasteiger partial charge in [-0.2, -0.15) is 0 Å². The van der Waals surface area contributed by atoms with Gasteiger partial charge in [-0.05, 0) is 0 Å². The summed E-state index contributed by atoms with van der Waals surface area (Å²) >= 11 is 5.67. The molecule has 1 rings (SSSR count). The fourth-order valence-electron chi connectivity index (χ4n) is 0.919. The molecule has 2 atom stereocenters. The maximum absolute atomic E-state index is 11.7. The van der Waals surface area contributed by atoms with Crippen molar-refractivity contribution < 1.29 is 13.9 Å². The minimum atomic E-state index is -0.738. The molecule has 1 amide bonds. The summed E-state index contributed by atoms with van der Waals surface area (Å²) in [5.41, 5.74) is 4.94. The summed E-state index contributed by atoms with van der Waals surface area (Å²) < 4.78 is 16.7. The van der Waals surface area contributed by atoms with Crippen LogP contribution in [-0.2, 0) is 9.53 Å². The summed E-state index contributed by atoms with van der Waals surface area (Å²) in [6.07, 6.45) is -0.448. The second-order valence-corrected chi connectivity index (χ2v) is 2.84. The molecule has 1 saturated heterocycles. The maximum atomic E-state index is 11.7. The summed E-state index contributed by atoms with van der Waals surface area (Å²) in [7, 11) is 0. The second-order valence-electron chi connectivity index (χ2n) is 2.37. The monoisotopic (exact) mass is 196 g/mol. The molecule has 0 radical (unpaired) electrons. The lowest BCUT2D eigenvalue weighted by atomic mass is 10.2. The fourth-order valence-corrected chi connectivity index (χ4v) is 1.14. The topological polar surface area (TPSA) is 50.4 Å². The lowest BCUT2D eigenvalue weighted by molar-refractivity contribution is -0.127. The first-order valence-electron chi connectivity index (χ1n) is 3.60. The van der Waals surface area contributed by atoms with Crippen LogP contribution in [0.25, 0.3) is 0 Å². The third-order valence-electron chi connectivity index (χ3n) is 1.50.